The van der Waals surface area contributed by atoms with E-state index in [9.17, 15) is 4.79 Å². The van der Waals surface area contributed by atoms with Gasteiger partial charge in [-0.3, -0.25) is 9.69 Å². The first kappa shape index (κ1) is 20.8. The average molecular weight is 380 g/mol. The van der Waals surface area contributed by atoms with E-state index in [1.165, 1.54) is 11.1 Å². The van der Waals surface area contributed by atoms with Crippen LogP contribution in [0.25, 0.3) is 0 Å². The van der Waals surface area contributed by atoms with Crippen LogP contribution in [0.3, 0.4) is 0 Å². The van der Waals surface area contributed by atoms with Crippen LogP contribution in [0.15, 0.2) is 60.7 Å². The van der Waals surface area contributed by atoms with E-state index in [1.807, 2.05) is 13.8 Å². The molecule has 3 nitrogen and oxygen atoms in total. The monoisotopic (exact) mass is 379 g/mol. The Morgan fingerprint density at radius 1 is 0.893 bits per heavy atom. The van der Waals surface area contributed by atoms with Crippen molar-refractivity contribution in [2.45, 2.75) is 64.8 Å². The van der Waals surface area contributed by atoms with E-state index >= 15 is 0 Å². The SMILES string of the molecule is CC(C)C(=O)CO[C@H]1CC[C@H](N(Cc2ccccc2)Cc2ccccc2)CC1. The summed E-state index contributed by atoms with van der Waals surface area (Å²) in [4.78, 5) is 14.4. The first-order valence-corrected chi connectivity index (χ1v) is 10.6. The number of nitrogens with zero attached hydrogens (tertiary/aromatic N) is 1. The summed E-state index contributed by atoms with van der Waals surface area (Å²) in [6.07, 6.45) is 4.56. The van der Waals surface area contributed by atoms with Crippen molar-refractivity contribution in [1.29, 1.82) is 0 Å². The number of carbonyl (C=O) groups is 1. The molecule has 28 heavy (non-hydrogen) atoms. The predicted octanol–water partition coefficient (Wildman–Crippen LogP) is 5.24. The van der Waals surface area contributed by atoms with Crippen LogP contribution in [-0.4, -0.2) is 29.4 Å². The summed E-state index contributed by atoms with van der Waals surface area (Å²) in [6.45, 7) is 6.08. The largest absolute Gasteiger partial charge is 0.370 e. The number of hydrogen-bond donors (Lipinski definition) is 0. The molecule has 0 N–H and O–H groups in total. The van der Waals surface area contributed by atoms with E-state index in [1.54, 1.807) is 0 Å². The van der Waals surface area contributed by atoms with Crippen LogP contribution in [-0.2, 0) is 22.6 Å². The second-order valence-corrected chi connectivity index (χ2v) is 8.24. The van der Waals surface area contributed by atoms with Crippen LogP contribution >= 0.6 is 0 Å². The van der Waals surface area contributed by atoms with Crippen LogP contribution in [0.4, 0.5) is 0 Å². The molecule has 2 aromatic carbocycles. The number of ketones is 1. The van der Waals surface area contributed by atoms with Gasteiger partial charge in [-0.05, 0) is 36.8 Å². The van der Waals surface area contributed by atoms with Gasteiger partial charge in [0.25, 0.3) is 0 Å². The molecule has 0 unspecified atom stereocenters. The molecule has 0 aromatic heterocycles. The molecule has 0 heterocycles. The lowest BCUT2D eigenvalue weighted by atomic mass is 9.91. The fourth-order valence-electron chi connectivity index (χ4n) is 3.89. The van der Waals surface area contributed by atoms with Crippen LogP contribution in [0.1, 0.15) is 50.7 Å². The molecule has 0 bridgehead atoms. The lowest BCUT2D eigenvalue weighted by Crippen LogP contribution is -2.39. The Morgan fingerprint density at radius 2 is 1.39 bits per heavy atom. The highest BCUT2D eigenvalue weighted by molar-refractivity contribution is 5.81. The second-order valence-electron chi connectivity index (χ2n) is 8.24. The van der Waals surface area contributed by atoms with Gasteiger partial charge in [0.1, 0.15) is 6.61 Å². The third kappa shape index (κ3) is 6.29. The number of carbonyl (C=O) groups excluding carboxylic acids is 1. The van der Waals surface area contributed by atoms with Crippen LogP contribution in [0.2, 0.25) is 0 Å². The zero-order valence-corrected chi connectivity index (χ0v) is 17.2. The van der Waals surface area contributed by atoms with Crippen molar-refractivity contribution in [3.63, 3.8) is 0 Å². The van der Waals surface area contributed by atoms with Crippen molar-refractivity contribution >= 4 is 5.78 Å². The van der Waals surface area contributed by atoms with Crippen LogP contribution in [0, 0.1) is 5.92 Å². The van der Waals surface area contributed by atoms with Gasteiger partial charge in [0.15, 0.2) is 5.78 Å². The van der Waals surface area contributed by atoms with Gasteiger partial charge in [-0.15, -0.1) is 0 Å². The minimum atomic E-state index is 0.0589. The normalized spacial score (nSPS) is 19.9. The fraction of sp³-hybridized carbons (Fsp3) is 0.480. The third-order valence-corrected chi connectivity index (χ3v) is 5.72. The molecule has 0 aliphatic heterocycles. The average Bonchev–Trinajstić information content (AvgIpc) is 2.73. The van der Waals surface area contributed by atoms with Crippen molar-refractivity contribution in [3.05, 3.63) is 71.8 Å². The van der Waals surface area contributed by atoms with Gasteiger partial charge < -0.3 is 4.74 Å². The Kier molecular flexibility index (Phi) is 7.81. The summed E-state index contributed by atoms with van der Waals surface area (Å²) in [5.74, 6) is 0.264. The second kappa shape index (κ2) is 10.5. The highest BCUT2D eigenvalue weighted by atomic mass is 16.5. The molecule has 3 rings (SSSR count). The minimum Gasteiger partial charge on any atom is -0.370 e. The van der Waals surface area contributed by atoms with Gasteiger partial charge in [-0.25, -0.2) is 0 Å². The van der Waals surface area contributed by atoms with Crippen LogP contribution < -0.4 is 0 Å². The number of benzene rings is 2. The summed E-state index contributed by atoms with van der Waals surface area (Å²) in [5, 5.41) is 0. The first-order valence-electron chi connectivity index (χ1n) is 10.6. The van der Waals surface area contributed by atoms with E-state index in [4.69, 9.17) is 4.74 Å². The minimum absolute atomic E-state index is 0.0589. The van der Waals surface area contributed by atoms with Crippen LogP contribution in [0.5, 0.6) is 0 Å². The Labute approximate surface area is 169 Å². The topological polar surface area (TPSA) is 29.5 Å². The van der Waals surface area contributed by atoms with Crippen molar-refractivity contribution in [2.24, 2.45) is 5.92 Å². The molecule has 3 heteroatoms. The highest BCUT2D eigenvalue weighted by Crippen LogP contribution is 2.27. The molecule has 0 amide bonds. The Hall–Kier alpha value is -1.97. The van der Waals surface area contributed by atoms with Gasteiger partial charge >= 0.3 is 0 Å². The molecular formula is C25H33NO2. The predicted molar refractivity (Wildman–Crippen MR) is 114 cm³/mol. The molecule has 0 radical (unpaired) electrons. The summed E-state index contributed by atoms with van der Waals surface area (Å²) in [5.41, 5.74) is 2.72. The van der Waals surface area contributed by atoms with E-state index in [0.717, 1.165) is 38.8 Å². The molecule has 1 aliphatic carbocycles. The third-order valence-electron chi connectivity index (χ3n) is 5.72. The number of Topliss-reactive ketones (excluding diaryl/α,β-unsaturated/α-hetero) is 1. The van der Waals surface area contributed by atoms with Crippen molar-refractivity contribution in [2.75, 3.05) is 6.61 Å². The maximum absolute atomic E-state index is 11.8. The van der Waals surface area contributed by atoms with E-state index in [0.29, 0.717) is 6.04 Å². The van der Waals surface area contributed by atoms with E-state index < -0.39 is 0 Å². The van der Waals surface area contributed by atoms with E-state index in [-0.39, 0.29) is 24.4 Å². The van der Waals surface area contributed by atoms with Crippen molar-refractivity contribution in [3.8, 4) is 0 Å². The number of hydrogen-bond acceptors (Lipinski definition) is 3. The van der Waals surface area contributed by atoms with Crippen molar-refractivity contribution in [1.82, 2.24) is 4.90 Å². The Balaban J connectivity index is 1.58. The lowest BCUT2D eigenvalue weighted by Gasteiger charge is -2.37. The fourth-order valence-corrected chi connectivity index (χ4v) is 3.89. The molecule has 0 spiro atoms. The zero-order chi connectivity index (χ0) is 19.8. The molecule has 0 atom stereocenters. The quantitative estimate of drug-likeness (QED) is 0.596. The molecule has 1 fully saturated rings. The zero-order valence-electron chi connectivity index (χ0n) is 17.2. The maximum Gasteiger partial charge on any atom is 0.160 e. The molecule has 1 aliphatic rings. The van der Waals surface area contributed by atoms with E-state index in [2.05, 4.69) is 65.6 Å². The summed E-state index contributed by atoms with van der Waals surface area (Å²) in [6, 6.07) is 22.0. The Bertz CT molecular complexity index is 664. The lowest BCUT2D eigenvalue weighted by molar-refractivity contribution is -0.129. The van der Waals surface area contributed by atoms with Gasteiger partial charge in [0, 0.05) is 25.0 Å². The molecule has 0 saturated heterocycles. The Morgan fingerprint density at radius 3 is 1.86 bits per heavy atom. The maximum atomic E-state index is 11.8. The smallest absolute Gasteiger partial charge is 0.160 e. The summed E-state index contributed by atoms with van der Waals surface area (Å²) < 4.78 is 5.90. The number of ether oxygens (including phenoxy) is 1. The van der Waals surface area contributed by atoms with Crippen molar-refractivity contribution < 1.29 is 9.53 Å². The number of rotatable bonds is 9. The molecule has 1 saturated carbocycles. The molecule has 2 aromatic rings. The van der Waals surface area contributed by atoms with Gasteiger partial charge in [0.05, 0.1) is 6.10 Å². The summed E-state index contributed by atoms with van der Waals surface area (Å²) in [7, 11) is 0. The summed E-state index contributed by atoms with van der Waals surface area (Å²) >= 11 is 0. The highest BCUT2D eigenvalue weighted by Gasteiger charge is 2.27. The van der Waals surface area contributed by atoms with Gasteiger partial charge in [-0.1, -0.05) is 74.5 Å². The standard InChI is InChI=1S/C25H33NO2/c1-20(2)25(27)19-28-24-15-13-23(14-16-24)26(17-21-9-5-3-6-10-21)18-22-11-7-4-8-12-22/h3-12,20,23-24H,13-19H2,1-2H3/t23-,24-. The molecule has 150 valence electrons. The molecular weight excluding hydrogens is 346 g/mol. The van der Waals surface area contributed by atoms with Gasteiger partial charge in [-0.2, -0.15) is 0 Å². The first-order chi connectivity index (χ1) is 13.6. The van der Waals surface area contributed by atoms with Gasteiger partial charge in [0.2, 0.25) is 0 Å².